The highest BCUT2D eigenvalue weighted by atomic mass is 127. The number of hydrogen-bond acceptors (Lipinski definition) is 1. The molecule has 0 spiro atoms. The zero-order valence-electron chi connectivity index (χ0n) is 12.2. The summed E-state index contributed by atoms with van der Waals surface area (Å²) in [5.41, 5.74) is 6.59. The smallest absolute Gasteiger partial charge is 0.0587 e. The Morgan fingerprint density at radius 2 is 1.70 bits per heavy atom. The molecule has 1 N–H and O–H groups in total. The van der Waals surface area contributed by atoms with Crippen LogP contribution in [0.4, 0.5) is 0 Å². The van der Waals surface area contributed by atoms with Crippen molar-refractivity contribution in [3.05, 3.63) is 66.2 Å². The third kappa shape index (κ3) is 3.10. The zero-order chi connectivity index (χ0) is 14.9. The van der Waals surface area contributed by atoms with Crippen LogP contribution in [0.25, 0.3) is 0 Å². The lowest BCUT2D eigenvalue weighted by molar-refractivity contribution is 0.683. The van der Waals surface area contributed by atoms with Crippen LogP contribution in [0.2, 0.25) is 0 Å². The Hall–Kier alpha value is -0.390. The van der Waals surface area contributed by atoms with Crippen molar-refractivity contribution >= 4 is 38.5 Å². The maximum atomic E-state index is 3.61. The molecule has 20 heavy (non-hydrogen) atoms. The molecule has 0 saturated carbocycles. The minimum atomic E-state index is 0.230. The van der Waals surface area contributed by atoms with Crippen LogP contribution in [0.1, 0.15) is 33.9 Å². The molecule has 0 aliphatic heterocycles. The van der Waals surface area contributed by atoms with E-state index in [1.54, 1.807) is 0 Å². The van der Waals surface area contributed by atoms with Gasteiger partial charge in [-0.2, -0.15) is 0 Å². The van der Waals surface area contributed by atoms with Gasteiger partial charge >= 0.3 is 0 Å². The van der Waals surface area contributed by atoms with Crippen LogP contribution >= 0.6 is 38.5 Å². The molecule has 2 aromatic carbocycles. The van der Waals surface area contributed by atoms with E-state index >= 15 is 0 Å². The minimum Gasteiger partial charge on any atom is -0.309 e. The normalized spacial score (nSPS) is 12.5. The van der Waals surface area contributed by atoms with Crippen LogP contribution in [0.3, 0.4) is 0 Å². The van der Waals surface area contributed by atoms with Crippen LogP contribution in [-0.2, 0) is 0 Å². The van der Waals surface area contributed by atoms with Crippen molar-refractivity contribution in [2.45, 2.75) is 26.8 Å². The van der Waals surface area contributed by atoms with Gasteiger partial charge in [-0.05, 0) is 84.3 Å². The summed E-state index contributed by atoms with van der Waals surface area (Å²) in [5.74, 6) is 0. The first-order valence-electron chi connectivity index (χ1n) is 6.64. The van der Waals surface area contributed by atoms with Gasteiger partial charge in [-0.3, -0.25) is 0 Å². The van der Waals surface area contributed by atoms with Crippen molar-refractivity contribution in [1.29, 1.82) is 0 Å². The van der Waals surface area contributed by atoms with Gasteiger partial charge in [0.15, 0.2) is 0 Å². The van der Waals surface area contributed by atoms with Crippen LogP contribution in [0.15, 0.2) is 34.8 Å². The Labute approximate surface area is 143 Å². The molecule has 0 saturated heterocycles. The molecule has 3 heteroatoms. The summed E-state index contributed by atoms with van der Waals surface area (Å²) in [6, 6.07) is 11.2. The van der Waals surface area contributed by atoms with E-state index < -0.39 is 0 Å². The van der Waals surface area contributed by atoms with Crippen LogP contribution in [0, 0.1) is 24.3 Å². The summed E-state index contributed by atoms with van der Waals surface area (Å²) in [7, 11) is 2.03. The van der Waals surface area contributed by atoms with E-state index in [-0.39, 0.29) is 6.04 Å². The van der Waals surface area contributed by atoms with Crippen LogP contribution in [-0.4, -0.2) is 7.05 Å². The first kappa shape index (κ1) is 16.0. The zero-order valence-corrected chi connectivity index (χ0v) is 16.0. The Morgan fingerprint density at radius 1 is 1.00 bits per heavy atom. The van der Waals surface area contributed by atoms with Gasteiger partial charge in [0, 0.05) is 8.04 Å². The fourth-order valence-corrected chi connectivity index (χ4v) is 3.61. The summed E-state index contributed by atoms with van der Waals surface area (Å²) in [6.07, 6.45) is 0. The minimum absolute atomic E-state index is 0.230. The maximum Gasteiger partial charge on any atom is 0.0587 e. The molecule has 0 aromatic heterocycles. The van der Waals surface area contributed by atoms with E-state index in [2.05, 4.69) is 94.9 Å². The van der Waals surface area contributed by atoms with Gasteiger partial charge in [-0.25, -0.2) is 0 Å². The Kier molecular flexibility index (Phi) is 5.26. The highest BCUT2D eigenvalue weighted by molar-refractivity contribution is 14.1. The SMILES string of the molecule is CNC(c1cc(C)c(Br)cc1C)c1cccc(C)c1I. The first-order valence-corrected chi connectivity index (χ1v) is 8.51. The number of aryl methyl sites for hydroxylation is 3. The predicted molar refractivity (Wildman–Crippen MR) is 98.4 cm³/mol. The highest BCUT2D eigenvalue weighted by Crippen LogP contribution is 2.32. The lowest BCUT2D eigenvalue weighted by Gasteiger charge is -2.22. The second-order valence-electron chi connectivity index (χ2n) is 5.16. The van der Waals surface area contributed by atoms with Gasteiger partial charge in [0.2, 0.25) is 0 Å². The molecule has 1 nitrogen and oxygen atoms in total. The average Bonchev–Trinajstić information content (AvgIpc) is 2.41. The average molecular weight is 444 g/mol. The second-order valence-corrected chi connectivity index (χ2v) is 7.09. The molecule has 0 radical (unpaired) electrons. The third-order valence-electron chi connectivity index (χ3n) is 3.68. The number of benzene rings is 2. The molecule has 0 heterocycles. The monoisotopic (exact) mass is 443 g/mol. The molecular weight excluding hydrogens is 425 g/mol. The lowest BCUT2D eigenvalue weighted by Crippen LogP contribution is -2.20. The van der Waals surface area contributed by atoms with Gasteiger partial charge < -0.3 is 5.32 Å². The van der Waals surface area contributed by atoms with Gasteiger partial charge in [0.25, 0.3) is 0 Å². The molecule has 106 valence electrons. The fraction of sp³-hybridized carbons (Fsp3) is 0.294. The Bertz CT molecular complexity index is 637. The fourth-order valence-electron chi connectivity index (χ4n) is 2.49. The summed E-state index contributed by atoms with van der Waals surface area (Å²) in [4.78, 5) is 0. The maximum absolute atomic E-state index is 3.61. The first-order chi connectivity index (χ1) is 9.45. The standard InChI is InChI=1S/C17H19BrIN/c1-10-6-5-7-13(16(10)19)17(20-4)14-8-12(3)15(18)9-11(14)2/h5-9,17,20H,1-4H3. The number of nitrogens with one attached hydrogen (secondary N) is 1. The van der Waals surface area contributed by atoms with Crippen molar-refractivity contribution in [2.75, 3.05) is 7.05 Å². The molecule has 1 atom stereocenters. The van der Waals surface area contributed by atoms with Gasteiger partial charge in [-0.1, -0.05) is 40.2 Å². The van der Waals surface area contributed by atoms with Gasteiger partial charge in [0.1, 0.15) is 0 Å². The van der Waals surface area contributed by atoms with Crippen molar-refractivity contribution < 1.29 is 0 Å². The van der Waals surface area contributed by atoms with E-state index in [1.807, 2.05) is 7.05 Å². The number of rotatable bonds is 3. The van der Waals surface area contributed by atoms with Crippen molar-refractivity contribution in [2.24, 2.45) is 0 Å². The summed E-state index contributed by atoms with van der Waals surface area (Å²) in [5, 5.41) is 3.47. The molecule has 0 aliphatic rings. The Morgan fingerprint density at radius 3 is 2.35 bits per heavy atom. The van der Waals surface area contributed by atoms with E-state index in [0.29, 0.717) is 0 Å². The molecule has 1 unspecified atom stereocenters. The predicted octanol–water partition coefficient (Wildman–Crippen LogP) is 5.29. The molecule has 2 aromatic rings. The highest BCUT2D eigenvalue weighted by Gasteiger charge is 2.18. The quantitative estimate of drug-likeness (QED) is 0.635. The third-order valence-corrected chi connectivity index (χ3v) is 6.01. The molecular formula is C17H19BrIN. The summed E-state index contributed by atoms with van der Waals surface area (Å²) in [6.45, 7) is 6.48. The van der Waals surface area contributed by atoms with Gasteiger partial charge in [0.05, 0.1) is 6.04 Å². The molecule has 0 aliphatic carbocycles. The van der Waals surface area contributed by atoms with Gasteiger partial charge in [-0.15, -0.1) is 0 Å². The molecule has 0 bridgehead atoms. The van der Waals surface area contributed by atoms with Crippen LogP contribution < -0.4 is 5.32 Å². The lowest BCUT2D eigenvalue weighted by atomic mass is 9.93. The van der Waals surface area contributed by atoms with E-state index in [1.165, 1.54) is 35.9 Å². The van der Waals surface area contributed by atoms with E-state index in [9.17, 15) is 0 Å². The molecule has 0 amide bonds. The number of halogens is 2. The van der Waals surface area contributed by atoms with Crippen LogP contribution in [0.5, 0.6) is 0 Å². The summed E-state index contributed by atoms with van der Waals surface area (Å²) >= 11 is 6.06. The van der Waals surface area contributed by atoms with E-state index in [0.717, 1.165) is 0 Å². The molecule has 2 rings (SSSR count). The topological polar surface area (TPSA) is 12.0 Å². The van der Waals surface area contributed by atoms with Crippen molar-refractivity contribution in [1.82, 2.24) is 5.32 Å². The second kappa shape index (κ2) is 6.58. The number of hydrogen-bond donors (Lipinski definition) is 1. The largest absolute Gasteiger partial charge is 0.309 e. The van der Waals surface area contributed by atoms with Crippen molar-refractivity contribution in [3.63, 3.8) is 0 Å². The molecule has 0 fully saturated rings. The summed E-state index contributed by atoms with van der Waals surface area (Å²) < 4.78 is 2.51. The van der Waals surface area contributed by atoms with Crippen molar-refractivity contribution in [3.8, 4) is 0 Å². The van der Waals surface area contributed by atoms with E-state index in [4.69, 9.17) is 0 Å². The Balaban J connectivity index is 2.58.